The van der Waals surface area contributed by atoms with E-state index in [0.717, 1.165) is 6.42 Å². The Morgan fingerprint density at radius 3 is 2.87 bits per heavy atom. The molecule has 5 nitrogen and oxygen atoms in total. The Morgan fingerprint density at radius 1 is 1.67 bits per heavy atom. The van der Waals surface area contributed by atoms with Crippen LogP contribution in [-0.4, -0.2) is 22.4 Å². The van der Waals surface area contributed by atoms with E-state index < -0.39 is 5.97 Å². The summed E-state index contributed by atoms with van der Waals surface area (Å²) in [6.45, 7) is 6.14. The number of carbonyl (C=O) groups is 1. The normalized spacial score (nSPS) is 12.5. The van der Waals surface area contributed by atoms with Gasteiger partial charge in [0.25, 0.3) is 0 Å². The van der Waals surface area contributed by atoms with Crippen molar-refractivity contribution < 1.29 is 9.53 Å². The van der Waals surface area contributed by atoms with E-state index in [-0.39, 0.29) is 11.7 Å². The molecule has 0 spiro atoms. The third-order valence-electron chi connectivity index (χ3n) is 2.27. The number of hydrogen-bond acceptors (Lipinski definition) is 4. The summed E-state index contributed by atoms with van der Waals surface area (Å²) in [7, 11) is 0. The molecule has 84 valence electrons. The van der Waals surface area contributed by atoms with Crippen LogP contribution in [-0.2, 0) is 4.74 Å². The Hall–Kier alpha value is -1.52. The van der Waals surface area contributed by atoms with Gasteiger partial charge in [-0.25, -0.2) is 4.79 Å². The van der Waals surface area contributed by atoms with Crippen LogP contribution in [0.15, 0.2) is 6.20 Å². The molecule has 2 N–H and O–H groups in total. The number of carbonyl (C=O) groups excluding carboxylic acids is 1. The maximum atomic E-state index is 11.4. The predicted molar refractivity (Wildman–Crippen MR) is 57.6 cm³/mol. The molecule has 1 aromatic heterocycles. The standard InChI is InChI=1S/C10H17N3O2/c1-4-7(3)13-6-8(11)9(12-13)10(14)15-5-2/h6-7H,4-5,11H2,1-3H3. The van der Waals surface area contributed by atoms with Crippen molar-refractivity contribution in [3.8, 4) is 0 Å². The Kier molecular flexibility index (Phi) is 3.71. The van der Waals surface area contributed by atoms with E-state index in [4.69, 9.17) is 10.5 Å². The Morgan fingerprint density at radius 2 is 2.33 bits per heavy atom. The molecule has 1 aromatic rings. The second-order valence-corrected chi connectivity index (χ2v) is 3.39. The van der Waals surface area contributed by atoms with Gasteiger partial charge in [-0.3, -0.25) is 4.68 Å². The number of rotatable bonds is 4. The smallest absolute Gasteiger partial charge is 0.361 e. The zero-order chi connectivity index (χ0) is 11.4. The van der Waals surface area contributed by atoms with Gasteiger partial charge < -0.3 is 10.5 Å². The number of esters is 1. The van der Waals surface area contributed by atoms with Gasteiger partial charge in [0.1, 0.15) is 0 Å². The van der Waals surface area contributed by atoms with E-state index in [9.17, 15) is 4.79 Å². The van der Waals surface area contributed by atoms with Crippen LogP contribution in [0.5, 0.6) is 0 Å². The van der Waals surface area contributed by atoms with Crippen LogP contribution in [0.1, 0.15) is 43.7 Å². The lowest BCUT2D eigenvalue weighted by Crippen LogP contribution is -2.10. The summed E-state index contributed by atoms with van der Waals surface area (Å²) in [5, 5.41) is 4.12. The lowest BCUT2D eigenvalue weighted by molar-refractivity contribution is 0.0519. The fourth-order valence-corrected chi connectivity index (χ4v) is 1.18. The van der Waals surface area contributed by atoms with E-state index in [2.05, 4.69) is 5.10 Å². The van der Waals surface area contributed by atoms with Crippen LogP contribution in [0.2, 0.25) is 0 Å². The van der Waals surface area contributed by atoms with E-state index in [1.54, 1.807) is 17.8 Å². The minimum absolute atomic E-state index is 0.206. The van der Waals surface area contributed by atoms with Crippen molar-refractivity contribution in [2.75, 3.05) is 12.3 Å². The molecule has 1 atom stereocenters. The van der Waals surface area contributed by atoms with Gasteiger partial charge in [-0.05, 0) is 20.3 Å². The molecule has 0 saturated carbocycles. The van der Waals surface area contributed by atoms with Crippen LogP contribution in [0.3, 0.4) is 0 Å². The molecule has 0 fully saturated rings. The van der Waals surface area contributed by atoms with Gasteiger partial charge >= 0.3 is 5.97 Å². The fraction of sp³-hybridized carbons (Fsp3) is 0.600. The van der Waals surface area contributed by atoms with Crippen LogP contribution in [0.4, 0.5) is 5.69 Å². The molecule has 0 aliphatic heterocycles. The van der Waals surface area contributed by atoms with E-state index in [0.29, 0.717) is 12.3 Å². The highest BCUT2D eigenvalue weighted by Crippen LogP contribution is 2.16. The number of nitrogen functional groups attached to an aromatic ring is 1. The SMILES string of the molecule is CCOC(=O)c1nn(C(C)CC)cc1N. The minimum atomic E-state index is -0.461. The summed E-state index contributed by atoms with van der Waals surface area (Å²) in [5.74, 6) is -0.461. The molecule has 0 aliphatic carbocycles. The second-order valence-electron chi connectivity index (χ2n) is 3.39. The molecule has 1 rings (SSSR count). The molecule has 0 saturated heterocycles. The average molecular weight is 211 g/mol. The first-order valence-corrected chi connectivity index (χ1v) is 5.11. The number of nitrogens with two attached hydrogens (primary N) is 1. The van der Waals surface area contributed by atoms with E-state index >= 15 is 0 Å². The number of aromatic nitrogens is 2. The summed E-state index contributed by atoms with van der Waals surface area (Å²) >= 11 is 0. The van der Waals surface area contributed by atoms with Crippen molar-refractivity contribution in [2.24, 2.45) is 0 Å². The van der Waals surface area contributed by atoms with Crippen molar-refractivity contribution in [3.05, 3.63) is 11.9 Å². The minimum Gasteiger partial charge on any atom is -0.461 e. The number of anilines is 1. The molecule has 0 aliphatic rings. The summed E-state index contributed by atoms with van der Waals surface area (Å²) in [4.78, 5) is 11.4. The largest absolute Gasteiger partial charge is 0.461 e. The monoisotopic (exact) mass is 211 g/mol. The third kappa shape index (κ3) is 2.49. The fourth-order valence-electron chi connectivity index (χ4n) is 1.18. The van der Waals surface area contributed by atoms with E-state index in [1.807, 2.05) is 13.8 Å². The maximum Gasteiger partial charge on any atom is 0.361 e. The van der Waals surface area contributed by atoms with Crippen LogP contribution >= 0.6 is 0 Å². The molecular weight excluding hydrogens is 194 g/mol. The molecule has 0 radical (unpaired) electrons. The Balaban J connectivity index is 2.90. The summed E-state index contributed by atoms with van der Waals surface area (Å²) in [6.07, 6.45) is 2.60. The molecule has 1 unspecified atom stereocenters. The lowest BCUT2D eigenvalue weighted by Gasteiger charge is -2.07. The zero-order valence-electron chi connectivity index (χ0n) is 9.36. The van der Waals surface area contributed by atoms with Gasteiger partial charge in [-0.2, -0.15) is 5.10 Å². The highest BCUT2D eigenvalue weighted by Gasteiger charge is 2.17. The molecule has 1 heterocycles. The molecule has 5 heteroatoms. The molecular formula is C10H17N3O2. The van der Waals surface area contributed by atoms with Crippen molar-refractivity contribution in [2.45, 2.75) is 33.2 Å². The van der Waals surface area contributed by atoms with Crippen molar-refractivity contribution in [1.82, 2.24) is 9.78 Å². The number of hydrogen-bond donors (Lipinski definition) is 1. The Labute approximate surface area is 89.2 Å². The van der Waals surface area contributed by atoms with Gasteiger partial charge in [-0.1, -0.05) is 6.92 Å². The quantitative estimate of drug-likeness (QED) is 0.768. The lowest BCUT2D eigenvalue weighted by atomic mass is 10.3. The second kappa shape index (κ2) is 4.82. The molecule has 0 bridgehead atoms. The third-order valence-corrected chi connectivity index (χ3v) is 2.27. The first-order chi connectivity index (χ1) is 7.10. The molecule has 0 aromatic carbocycles. The van der Waals surface area contributed by atoms with Crippen molar-refractivity contribution >= 4 is 11.7 Å². The first kappa shape index (κ1) is 11.6. The van der Waals surface area contributed by atoms with Crippen molar-refractivity contribution in [1.29, 1.82) is 0 Å². The average Bonchev–Trinajstić information content (AvgIpc) is 2.59. The van der Waals surface area contributed by atoms with E-state index in [1.165, 1.54) is 0 Å². The van der Waals surface area contributed by atoms with Gasteiger partial charge in [0.15, 0.2) is 5.69 Å². The first-order valence-electron chi connectivity index (χ1n) is 5.11. The predicted octanol–water partition coefficient (Wildman–Crippen LogP) is 1.61. The summed E-state index contributed by atoms with van der Waals surface area (Å²) < 4.78 is 6.54. The van der Waals surface area contributed by atoms with Crippen LogP contribution < -0.4 is 5.73 Å². The molecule has 15 heavy (non-hydrogen) atoms. The van der Waals surface area contributed by atoms with Gasteiger partial charge in [0.05, 0.1) is 12.3 Å². The Bertz CT molecular complexity index is 346. The van der Waals surface area contributed by atoms with Gasteiger partial charge in [0.2, 0.25) is 0 Å². The number of ether oxygens (including phenoxy) is 1. The van der Waals surface area contributed by atoms with Gasteiger partial charge in [0, 0.05) is 12.2 Å². The van der Waals surface area contributed by atoms with Gasteiger partial charge in [-0.15, -0.1) is 0 Å². The van der Waals surface area contributed by atoms with Crippen LogP contribution in [0, 0.1) is 0 Å². The highest BCUT2D eigenvalue weighted by atomic mass is 16.5. The highest BCUT2D eigenvalue weighted by molar-refractivity contribution is 5.92. The number of nitrogens with zero attached hydrogens (tertiary/aromatic N) is 2. The van der Waals surface area contributed by atoms with Crippen molar-refractivity contribution in [3.63, 3.8) is 0 Å². The van der Waals surface area contributed by atoms with Crippen LogP contribution in [0.25, 0.3) is 0 Å². The summed E-state index contributed by atoms with van der Waals surface area (Å²) in [5.41, 5.74) is 6.26. The summed E-state index contributed by atoms with van der Waals surface area (Å²) in [6, 6.07) is 0.232. The zero-order valence-corrected chi connectivity index (χ0v) is 9.36. The topological polar surface area (TPSA) is 70.1 Å². The maximum absolute atomic E-state index is 11.4. The molecule has 0 amide bonds.